The molecule has 0 aliphatic heterocycles. The number of benzene rings is 2. The van der Waals surface area contributed by atoms with Gasteiger partial charge in [-0.3, -0.25) is 0 Å². The average molecular weight is 298 g/mol. The predicted molar refractivity (Wildman–Crippen MR) is 78.2 cm³/mol. The van der Waals surface area contributed by atoms with Crippen LogP contribution in [-0.2, 0) is 12.8 Å². The van der Waals surface area contributed by atoms with E-state index in [4.69, 9.17) is 28.9 Å². The molecule has 0 bridgehead atoms. The fraction of sp³-hybridized carbons (Fsp3) is 0.200. The van der Waals surface area contributed by atoms with Crippen molar-refractivity contribution in [3.8, 4) is 0 Å². The Bertz CT molecular complexity index is 555. The Morgan fingerprint density at radius 1 is 0.947 bits per heavy atom. The molecule has 0 aliphatic rings. The quantitative estimate of drug-likeness (QED) is 0.897. The molecule has 0 radical (unpaired) electrons. The first kappa shape index (κ1) is 14.3. The minimum atomic E-state index is -0.406. The van der Waals surface area contributed by atoms with Gasteiger partial charge in [-0.05, 0) is 48.2 Å². The van der Waals surface area contributed by atoms with Gasteiger partial charge in [-0.1, -0.05) is 41.4 Å². The van der Waals surface area contributed by atoms with Crippen molar-refractivity contribution >= 4 is 23.2 Å². The molecule has 0 saturated heterocycles. The van der Waals surface area contributed by atoms with E-state index in [2.05, 4.69) is 0 Å². The first-order valence-electron chi connectivity index (χ1n) is 5.98. The molecule has 0 amide bonds. The van der Waals surface area contributed by atoms with Crippen LogP contribution >= 0.6 is 23.2 Å². The number of rotatable bonds is 4. The van der Waals surface area contributed by atoms with E-state index in [1.54, 1.807) is 12.1 Å². The van der Waals surface area contributed by atoms with Crippen molar-refractivity contribution in [2.75, 3.05) is 0 Å². The molecule has 0 spiro atoms. The third-order valence-electron chi connectivity index (χ3n) is 2.89. The summed E-state index contributed by atoms with van der Waals surface area (Å²) >= 11 is 11.6. The summed E-state index contributed by atoms with van der Waals surface area (Å²) in [5.74, 6) is -0.406. The molecule has 1 nitrogen and oxygen atoms in total. The van der Waals surface area contributed by atoms with Gasteiger partial charge in [0.1, 0.15) is 5.82 Å². The van der Waals surface area contributed by atoms with Crippen molar-refractivity contribution in [1.29, 1.82) is 0 Å². The van der Waals surface area contributed by atoms with E-state index in [-0.39, 0.29) is 11.1 Å². The number of halogens is 3. The van der Waals surface area contributed by atoms with E-state index >= 15 is 0 Å². The Morgan fingerprint density at radius 3 is 2.16 bits per heavy atom. The van der Waals surface area contributed by atoms with Crippen LogP contribution in [0.2, 0.25) is 10.0 Å². The number of nitrogens with two attached hydrogens (primary N) is 1. The Hall–Kier alpha value is -1.09. The molecule has 4 heteroatoms. The summed E-state index contributed by atoms with van der Waals surface area (Å²) in [7, 11) is 0. The van der Waals surface area contributed by atoms with Crippen molar-refractivity contribution in [3.05, 3.63) is 69.5 Å². The van der Waals surface area contributed by atoms with Gasteiger partial charge in [0, 0.05) is 11.1 Å². The average Bonchev–Trinajstić information content (AvgIpc) is 2.37. The lowest BCUT2D eigenvalue weighted by Crippen LogP contribution is -2.25. The van der Waals surface area contributed by atoms with Crippen LogP contribution in [0.3, 0.4) is 0 Å². The van der Waals surface area contributed by atoms with Gasteiger partial charge in [0.2, 0.25) is 0 Å². The lowest BCUT2D eigenvalue weighted by atomic mass is 10.00. The Labute approximate surface area is 122 Å². The second kappa shape index (κ2) is 6.38. The molecule has 1 unspecified atom stereocenters. The van der Waals surface area contributed by atoms with E-state index in [1.807, 2.05) is 24.3 Å². The molecule has 100 valence electrons. The fourth-order valence-corrected chi connectivity index (χ4v) is 2.29. The third-order valence-corrected chi connectivity index (χ3v) is 3.43. The van der Waals surface area contributed by atoms with Gasteiger partial charge in [-0.2, -0.15) is 0 Å². The summed E-state index contributed by atoms with van der Waals surface area (Å²) in [6.07, 6.45) is 1.40. The maximum absolute atomic E-state index is 13.0. The van der Waals surface area contributed by atoms with Crippen LogP contribution in [0.4, 0.5) is 4.39 Å². The summed E-state index contributed by atoms with van der Waals surface area (Å²) in [4.78, 5) is 0. The molecule has 2 aromatic carbocycles. The smallest absolute Gasteiger partial charge is 0.141 e. The lowest BCUT2D eigenvalue weighted by Gasteiger charge is -2.12. The van der Waals surface area contributed by atoms with Crippen LogP contribution in [0, 0.1) is 5.82 Å². The molecule has 0 heterocycles. The molecule has 0 aliphatic carbocycles. The first-order chi connectivity index (χ1) is 9.04. The van der Waals surface area contributed by atoms with Gasteiger partial charge < -0.3 is 5.73 Å². The van der Waals surface area contributed by atoms with Crippen LogP contribution in [0.15, 0.2) is 42.5 Å². The highest BCUT2D eigenvalue weighted by molar-refractivity contribution is 6.31. The largest absolute Gasteiger partial charge is 0.327 e. The normalized spacial score (nSPS) is 12.4. The van der Waals surface area contributed by atoms with E-state index in [1.165, 1.54) is 6.07 Å². The van der Waals surface area contributed by atoms with Gasteiger partial charge in [0.05, 0.1) is 5.02 Å². The molecule has 2 rings (SSSR count). The zero-order chi connectivity index (χ0) is 13.8. The second-order valence-electron chi connectivity index (χ2n) is 4.54. The Morgan fingerprint density at radius 2 is 1.53 bits per heavy atom. The summed E-state index contributed by atoms with van der Waals surface area (Å²) in [6.45, 7) is 0. The van der Waals surface area contributed by atoms with Gasteiger partial charge in [0.15, 0.2) is 0 Å². The van der Waals surface area contributed by atoms with Crippen molar-refractivity contribution in [2.45, 2.75) is 18.9 Å². The number of hydrogen-bond donors (Lipinski definition) is 1. The van der Waals surface area contributed by atoms with Gasteiger partial charge in [0.25, 0.3) is 0 Å². The van der Waals surface area contributed by atoms with Crippen molar-refractivity contribution in [1.82, 2.24) is 0 Å². The first-order valence-corrected chi connectivity index (χ1v) is 6.74. The zero-order valence-electron chi connectivity index (χ0n) is 10.2. The molecule has 2 aromatic rings. The zero-order valence-corrected chi connectivity index (χ0v) is 11.8. The lowest BCUT2D eigenvalue weighted by molar-refractivity contribution is 0.624. The maximum atomic E-state index is 13.0. The number of hydrogen-bond acceptors (Lipinski definition) is 1. The van der Waals surface area contributed by atoms with E-state index < -0.39 is 5.82 Å². The molecule has 0 saturated carbocycles. The summed E-state index contributed by atoms with van der Waals surface area (Å²) in [6, 6.07) is 12.3. The molecule has 0 aromatic heterocycles. The molecule has 0 fully saturated rings. The highest BCUT2D eigenvalue weighted by atomic mass is 35.5. The van der Waals surface area contributed by atoms with Crippen LogP contribution in [0.25, 0.3) is 0 Å². The van der Waals surface area contributed by atoms with E-state index in [0.717, 1.165) is 17.5 Å². The monoisotopic (exact) mass is 297 g/mol. The standard InChI is InChI=1S/C15H14Cl2FN/c16-12-4-1-10(2-5-12)7-13(19)8-11-3-6-15(18)14(17)9-11/h1-6,9,13H,7-8,19H2. The van der Waals surface area contributed by atoms with Crippen LogP contribution in [0.5, 0.6) is 0 Å². The molecular formula is C15H14Cl2FN. The van der Waals surface area contributed by atoms with Gasteiger partial charge in [-0.15, -0.1) is 0 Å². The fourth-order valence-electron chi connectivity index (χ4n) is 1.96. The minimum absolute atomic E-state index is 0.0392. The highest BCUT2D eigenvalue weighted by Crippen LogP contribution is 2.18. The Balaban J connectivity index is 1.98. The third kappa shape index (κ3) is 4.20. The van der Waals surface area contributed by atoms with Gasteiger partial charge in [-0.25, -0.2) is 4.39 Å². The van der Waals surface area contributed by atoms with Crippen LogP contribution < -0.4 is 5.73 Å². The summed E-state index contributed by atoms with van der Waals surface area (Å²) < 4.78 is 13.0. The van der Waals surface area contributed by atoms with E-state index in [0.29, 0.717) is 11.4 Å². The molecule has 19 heavy (non-hydrogen) atoms. The molecule has 1 atom stereocenters. The predicted octanol–water partition coefficient (Wildman–Crippen LogP) is 4.25. The Kier molecular flexibility index (Phi) is 4.81. The summed E-state index contributed by atoms with van der Waals surface area (Å²) in [5, 5.41) is 0.846. The minimum Gasteiger partial charge on any atom is -0.327 e. The van der Waals surface area contributed by atoms with Gasteiger partial charge >= 0.3 is 0 Å². The van der Waals surface area contributed by atoms with Crippen molar-refractivity contribution < 1.29 is 4.39 Å². The molecule has 2 N–H and O–H groups in total. The van der Waals surface area contributed by atoms with Crippen molar-refractivity contribution in [2.24, 2.45) is 5.73 Å². The SMILES string of the molecule is NC(Cc1ccc(Cl)cc1)Cc1ccc(F)c(Cl)c1. The van der Waals surface area contributed by atoms with E-state index in [9.17, 15) is 4.39 Å². The van der Waals surface area contributed by atoms with Crippen LogP contribution in [-0.4, -0.2) is 6.04 Å². The summed E-state index contributed by atoms with van der Waals surface area (Å²) in [5.41, 5.74) is 8.16. The topological polar surface area (TPSA) is 26.0 Å². The van der Waals surface area contributed by atoms with Crippen LogP contribution in [0.1, 0.15) is 11.1 Å². The second-order valence-corrected chi connectivity index (χ2v) is 5.39. The molecular weight excluding hydrogens is 284 g/mol. The highest BCUT2D eigenvalue weighted by Gasteiger charge is 2.07. The maximum Gasteiger partial charge on any atom is 0.141 e. The van der Waals surface area contributed by atoms with Crippen molar-refractivity contribution in [3.63, 3.8) is 0 Å².